The molecule has 2 aromatic rings. The Morgan fingerprint density at radius 2 is 1.90 bits per heavy atom. The van der Waals surface area contributed by atoms with E-state index in [-0.39, 0.29) is 5.41 Å². The van der Waals surface area contributed by atoms with Gasteiger partial charge in [0.25, 0.3) is 0 Å². The molecule has 1 heterocycles. The van der Waals surface area contributed by atoms with E-state index in [2.05, 4.69) is 66.5 Å². The van der Waals surface area contributed by atoms with Gasteiger partial charge in [-0.3, -0.25) is 4.68 Å². The predicted molar refractivity (Wildman–Crippen MR) is 81.1 cm³/mol. The number of hydrogen-bond donors (Lipinski definition) is 1. The lowest BCUT2D eigenvalue weighted by atomic mass is 9.85. The maximum Gasteiger partial charge on any atom is 0.164 e. The Bertz CT molecular complexity index is 525. The van der Waals surface area contributed by atoms with Crippen LogP contribution in [0.2, 0.25) is 0 Å². The number of benzene rings is 1. The van der Waals surface area contributed by atoms with Crippen LogP contribution in [0.5, 0.6) is 0 Å². The zero-order valence-corrected chi connectivity index (χ0v) is 12.8. The summed E-state index contributed by atoms with van der Waals surface area (Å²) >= 11 is 0. The van der Waals surface area contributed by atoms with Gasteiger partial charge in [0, 0.05) is 13.1 Å². The first-order valence-corrected chi connectivity index (χ1v) is 7.07. The summed E-state index contributed by atoms with van der Waals surface area (Å²) in [4.78, 5) is 4.27. The highest BCUT2D eigenvalue weighted by Gasteiger charge is 2.20. The van der Waals surface area contributed by atoms with Crippen molar-refractivity contribution in [1.82, 2.24) is 20.1 Å². The van der Waals surface area contributed by atoms with Crippen molar-refractivity contribution in [2.75, 3.05) is 0 Å². The molecule has 0 aliphatic rings. The van der Waals surface area contributed by atoms with E-state index in [4.69, 9.17) is 0 Å². The zero-order valence-electron chi connectivity index (χ0n) is 12.8. The van der Waals surface area contributed by atoms with Gasteiger partial charge in [0.05, 0.1) is 6.54 Å². The van der Waals surface area contributed by atoms with E-state index in [0.717, 1.165) is 12.2 Å². The Morgan fingerprint density at radius 3 is 2.45 bits per heavy atom. The Kier molecular flexibility index (Phi) is 4.55. The number of aryl methyl sites for hydroxylation is 1. The summed E-state index contributed by atoms with van der Waals surface area (Å²) < 4.78 is 1.73. The van der Waals surface area contributed by atoms with Crippen molar-refractivity contribution in [2.24, 2.45) is 12.5 Å². The highest BCUT2D eigenvalue weighted by atomic mass is 15.3. The van der Waals surface area contributed by atoms with Gasteiger partial charge in [0.1, 0.15) is 6.33 Å². The zero-order chi connectivity index (χ0) is 14.6. The molecule has 1 N–H and O–H groups in total. The Hall–Kier alpha value is -1.68. The van der Waals surface area contributed by atoms with E-state index in [9.17, 15) is 0 Å². The minimum Gasteiger partial charge on any atom is -0.303 e. The Morgan fingerprint density at radius 1 is 1.20 bits per heavy atom. The van der Waals surface area contributed by atoms with Gasteiger partial charge in [-0.1, -0.05) is 51.1 Å². The Labute approximate surface area is 121 Å². The van der Waals surface area contributed by atoms with Crippen LogP contribution in [0.3, 0.4) is 0 Å². The SMILES string of the molecule is Cn1cnc(CNC(CC(C)(C)C)c2ccccc2)n1. The lowest BCUT2D eigenvalue weighted by Gasteiger charge is -2.27. The van der Waals surface area contributed by atoms with Gasteiger partial charge in [-0.2, -0.15) is 5.10 Å². The van der Waals surface area contributed by atoms with Crippen LogP contribution in [-0.2, 0) is 13.6 Å². The van der Waals surface area contributed by atoms with E-state index >= 15 is 0 Å². The summed E-state index contributed by atoms with van der Waals surface area (Å²) in [7, 11) is 1.89. The molecule has 0 bridgehead atoms. The topological polar surface area (TPSA) is 42.7 Å². The van der Waals surface area contributed by atoms with Gasteiger partial charge in [-0.25, -0.2) is 4.98 Å². The smallest absolute Gasteiger partial charge is 0.164 e. The van der Waals surface area contributed by atoms with Crippen LogP contribution in [0.15, 0.2) is 36.7 Å². The fraction of sp³-hybridized carbons (Fsp3) is 0.500. The molecular formula is C16H24N4. The third kappa shape index (κ3) is 4.46. The van der Waals surface area contributed by atoms with E-state index in [0.29, 0.717) is 12.6 Å². The van der Waals surface area contributed by atoms with E-state index in [1.807, 2.05) is 7.05 Å². The number of nitrogens with zero attached hydrogens (tertiary/aromatic N) is 3. The minimum atomic E-state index is 0.269. The fourth-order valence-corrected chi connectivity index (χ4v) is 2.28. The first-order valence-electron chi connectivity index (χ1n) is 7.07. The van der Waals surface area contributed by atoms with E-state index in [1.54, 1.807) is 11.0 Å². The third-order valence-electron chi connectivity index (χ3n) is 3.17. The summed E-state index contributed by atoms with van der Waals surface area (Å²) in [6.45, 7) is 7.49. The normalized spacial score (nSPS) is 13.4. The molecule has 0 spiro atoms. The lowest BCUT2D eigenvalue weighted by molar-refractivity contribution is 0.309. The van der Waals surface area contributed by atoms with Crippen molar-refractivity contribution in [3.05, 3.63) is 48.0 Å². The first-order chi connectivity index (χ1) is 9.44. The van der Waals surface area contributed by atoms with Crippen LogP contribution in [0.1, 0.15) is 44.6 Å². The highest BCUT2D eigenvalue weighted by molar-refractivity contribution is 5.19. The molecule has 0 fully saturated rings. The van der Waals surface area contributed by atoms with Gasteiger partial charge >= 0.3 is 0 Å². The number of nitrogens with one attached hydrogen (secondary N) is 1. The molecule has 0 saturated carbocycles. The summed E-state index contributed by atoms with van der Waals surface area (Å²) in [5.74, 6) is 0.836. The molecule has 0 aliphatic carbocycles. The van der Waals surface area contributed by atoms with Gasteiger partial charge < -0.3 is 5.32 Å². The second-order valence-electron chi connectivity index (χ2n) is 6.44. The van der Waals surface area contributed by atoms with Crippen LogP contribution in [0.4, 0.5) is 0 Å². The van der Waals surface area contributed by atoms with Gasteiger partial charge in [0.15, 0.2) is 5.82 Å². The molecular weight excluding hydrogens is 248 g/mol. The van der Waals surface area contributed by atoms with Gasteiger partial charge in [-0.05, 0) is 17.4 Å². The molecule has 0 aliphatic heterocycles. The molecule has 20 heavy (non-hydrogen) atoms. The van der Waals surface area contributed by atoms with Crippen LogP contribution in [-0.4, -0.2) is 14.8 Å². The van der Waals surface area contributed by atoms with Crippen LogP contribution in [0, 0.1) is 5.41 Å². The lowest BCUT2D eigenvalue weighted by Crippen LogP contribution is -2.26. The molecule has 2 rings (SSSR count). The average Bonchev–Trinajstić information content (AvgIpc) is 2.80. The van der Waals surface area contributed by atoms with Gasteiger partial charge in [0.2, 0.25) is 0 Å². The second kappa shape index (κ2) is 6.18. The standard InChI is InChI=1S/C16H24N4/c1-16(2,3)10-14(13-8-6-5-7-9-13)17-11-15-18-12-20(4)19-15/h5-9,12,14,17H,10-11H2,1-4H3. The quantitative estimate of drug-likeness (QED) is 0.909. The summed E-state index contributed by atoms with van der Waals surface area (Å²) in [6, 6.07) is 10.9. The van der Waals surface area contributed by atoms with Crippen LogP contribution < -0.4 is 5.32 Å². The van der Waals surface area contributed by atoms with Crippen molar-refractivity contribution in [2.45, 2.75) is 39.8 Å². The van der Waals surface area contributed by atoms with Crippen molar-refractivity contribution in [3.8, 4) is 0 Å². The molecule has 1 aromatic carbocycles. The monoisotopic (exact) mass is 272 g/mol. The highest BCUT2D eigenvalue weighted by Crippen LogP contribution is 2.29. The van der Waals surface area contributed by atoms with Crippen LogP contribution in [0.25, 0.3) is 0 Å². The molecule has 1 aromatic heterocycles. The maximum absolute atomic E-state index is 4.32. The van der Waals surface area contributed by atoms with Crippen molar-refractivity contribution < 1.29 is 0 Å². The molecule has 108 valence electrons. The average molecular weight is 272 g/mol. The van der Waals surface area contributed by atoms with Gasteiger partial charge in [-0.15, -0.1) is 0 Å². The molecule has 1 unspecified atom stereocenters. The first kappa shape index (κ1) is 14.7. The second-order valence-corrected chi connectivity index (χ2v) is 6.44. The maximum atomic E-state index is 4.32. The fourth-order valence-electron chi connectivity index (χ4n) is 2.28. The van der Waals surface area contributed by atoms with Crippen LogP contribution >= 0.6 is 0 Å². The number of rotatable bonds is 5. The number of aromatic nitrogens is 3. The molecule has 0 saturated heterocycles. The van der Waals surface area contributed by atoms with Crippen molar-refractivity contribution in [1.29, 1.82) is 0 Å². The number of hydrogen-bond acceptors (Lipinski definition) is 3. The van der Waals surface area contributed by atoms with E-state index in [1.165, 1.54) is 5.56 Å². The molecule has 0 radical (unpaired) electrons. The molecule has 0 amide bonds. The van der Waals surface area contributed by atoms with Crippen molar-refractivity contribution >= 4 is 0 Å². The molecule has 4 nitrogen and oxygen atoms in total. The summed E-state index contributed by atoms with van der Waals surface area (Å²) in [5.41, 5.74) is 1.59. The van der Waals surface area contributed by atoms with Crippen molar-refractivity contribution in [3.63, 3.8) is 0 Å². The Balaban J connectivity index is 2.07. The molecule has 4 heteroatoms. The van der Waals surface area contributed by atoms with E-state index < -0.39 is 0 Å². The predicted octanol–water partition coefficient (Wildman–Crippen LogP) is 3.08. The summed E-state index contributed by atoms with van der Waals surface area (Å²) in [5, 5.41) is 7.90. The summed E-state index contributed by atoms with van der Waals surface area (Å²) in [6.07, 6.45) is 2.81. The largest absolute Gasteiger partial charge is 0.303 e. The minimum absolute atomic E-state index is 0.269. The molecule has 1 atom stereocenters. The third-order valence-corrected chi connectivity index (χ3v) is 3.17.